The van der Waals surface area contributed by atoms with Crippen LogP contribution in [-0.2, 0) is 14.2 Å². The standard InChI is InChI=1S/C11H15O3Si/c1-4-7-12-10(13-8-5-2)11(15)14-9-6-3/h4-6H,1-3,7-9H2. The van der Waals surface area contributed by atoms with E-state index in [0.717, 1.165) is 0 Å². The van der Waals surface area contributed by atoms with Crippen LogP contribution in [0.1, 0.15) is 0 Å². The normalized spacial score (nSPS) is 8.60. The molecule has 3 nitrogen and oxygen atoms in total. The molecule has 0 saturated heterocycles. The number of hydrogen-bond acceptors (Lipinski definition) is 3. The van der Waals surface area contributed by atoms with E-state index in [1.807, 2.05) is 0 Å². The molecule has 0 unspecified atom stereocenters. The van der Waals surface area contributed by atoms with Gasteiger partial charge in [-0.05, 0) is 0 Å². The van der Waals surface area contributed by atoms with E-state index in [1.54, 1.807) is 18.2 Å². The first-order valence-electron chi connectivity index (χ1n) is 4.43. The summed E-state index contributed by atoms with van der Waals surface area (Å²) in [6.45, 7) is 11.7. The van der Waals surface area contributed by atoms with E-state index < -0.39 is 0 Å². The average molecular weight is 223 g/mol. The molecular formula is C11H15O3Si. The summed E-state index contributed by atoms with van der Waals surface area (Å²) < 4.78 is 15.7. The van der Waals surface area contributed by atoms with Crippen molar-refractivity contribution in [1.29, 1.82) is 0 Å². The topological polar surface area (TPSA) is 27.7 Å². The molecule has 15 heavy (non-hydrogen) atoms. The van der Waals surface area contributed by atoms with Crippen molar-refractivity contribution < 1.29 is 14.2 Å². The van der Waals surface area contributed by atoms with Crippen LogP contribution in [0.5, 0.6) is 0 Å². The molecule has 0 aliphatic carbocycles. The SMILES string of the molecule is C=CCOC([Si])=C(OCC=C)OCC=C. The summed E-state index contributed by atoms with van der Waals surface area (Å²) in [5.41, 5.74) is 0. The predicted molar refractivity (Wildman–Crippen MR) is 61.2 cm³/mol. The molecule has 3 radical (unpaired) electrons. The van der Waals surface area contributed by atoms with Crippen molar-refractivity contribution in [1.82, 2.24) is 0 Å². The molecule has 0 aliphatic heterocycles. The highest BCUT2D eigenvalue weighted by molar-refractivity contribution is 6.20. The molecule has 0 atom stereocenters. The van der Waals surface area contributed by atoms with Crippen LogP contribution in [0.3, 0.4) is 0 Å². The van der Waals surface area contributed by atoms with Crippen LogP contribution < -0.4 is 0 Å². The minimum absolute atomic E-state index is 0.272. The van der Waals surface area contributed by atoms with Crippen LogP contribution in [0.2, 0.25) is 0 Å². The van der Waals surface area contributed by atoms with Crippen molar-refractivity contribution in [3.05, 3.63) is 49.3 Å². The van der Waals surface area contributed by atoms with Crippen molar-refractivity contribution in [3.8, 4) is 0 Å². The van der Waals surface area contributed by atoms with Crippen molar-refractivity contribution in [2.24, 2.45) is 0 Å². The molecule has 0 heterocycles. The van der Waals surface area contributed by atoms with Gasteiger partial charge in [-0.2, -0.15) is 0 Å². The van der Waals surface area contributed by atoms with Gasteiger partial charge in [0.05, 0.1) is 0 Å². The molecule has 0 amide bonds. The van der Waals surface area contributed by atoms with Crippen molar-refractivity contribution in [2.75, 3.05) is 19.8 Å². The zero-order valence-electron chi connectivity index (χ0n) is 8.70. The van der Waals surface area contributed by atoms with Crippen LogP contribution >= 0.6 is 0 Å². The molecule has 0 N–H and O–H groups in total. The van der Waals surface area contributed by atoms with Gasteiger partial charge in [0.2, 0.25) is 0 Å². The van der Waals surface area contributed by atoms with Gasteiger partial charge in [0.25, 0.3) is 0 Å². The molecule has 81 valence electrons. The molecule has 4 heteroatoms. The van der Waals surface area contributed by atoms with Crippen molar-refractivity contribution >= 4 is 10.2 Å². The fourth-order valence-corrected chi connectivity index (χ4v) is 0.871. The van der Waals surface area contributed by atoms with Gasteiger partial charge in [-0.25, -0.2) is 0 Å². The number of ether oxygens (including phenoxy) is 3. The second kappa shape index (κ2) is 9.14. The summed E-state index contributed by atoms with van der Waals surface area (Å²) in [5.74, 6) is 0.272. The van der Waals surface area contributed by atoms with Gasteiger partial charge < -0.3 is 14.2 Å². The minimum Gasteiger partial charge on any atom is -0.493 e. The third kappa shape index (κ3) is 6.62. The van der Waals surface area contributed by atoms with Gasteiger partial charge in [0, 0.05) is 0 Å². The van der Waals surface area contributed by atoms with Crippen LogP contribution in [0.25, 0.3) is 0 Å². The molecule has 0 saturated carbocycles. The highest BCUT2D eigenvalue weighted by Crippen LogP contribution is 2.07. The van der Waals surface area contributed by atoms with Crippen LogP contribution in [0.4, 0.5) is 0 Å². The lowest BCUT2D eigenvalue weighted by atomic mass is 10.7. The smallest absolute Gasteiger partial charge is 0.313 e. The van der Waals surface area contributed by atoms with E-state index in [-0.39, 0.29) is 5.95 Å². The molecule has 0 spiro atoms. The summed E-state index contributed by atoms with van der Waals surface area (Å²) in [6.07, 6.45) is 4.85. The largest absolute Gasteiger partial charge is 0.493 e. The molecular weight excluding hydrogens is 208 g/mol. The van der Waals surface area contributed by atoms with E-state index >= 15 is 0 Å². The maximum Gasteiger partial charge on any atom is 0.313 e. The van der Waals surface area contributed by atoms with Crippen LogP contribution in [0.15, 0.2) is 49.3 Å². The Morgan fingerprint density at radius 3 is 1.67 bits per heavy atom. The molecule has 0 aromatic carbocycles. The lowest BCUT2D eigenvalue weighted by molar-refractivity contribution is 0.0420. The predicted octanol–water partition coefficient (Wildman–Crippen LogP) is 1.89. The second-order valence-electron chi connectivity index (χ2n) is 2.42. The Bertz CT molecular complexity index is 232. The fourth-order valence-electron chi connectivity index (χ4n) is 0.643. The summed E-state index contributed by atoms with van der Waals surface area (Å²) >= 11 is 0. The highest BCUT2D eigenvalue weighted by Gasteiger charge is 2.05. The zero-order valence-corrected chi connectivity index (χ0v) is 9.70. The van der Waals surface area contributed by atoms with Gasteiger partial charge in [-0.1, -0.05) is 38.0 Å². The van der Waals surface area contributed by atoms with Gasteiger partial charge in [0.15, 0.2) is 0 Å². The lowest BCUT2D eigenvalue weighted by Crippen LogP contribution is -2.06. The Morgan fingerprint density at radius 1 is 0.867 bits per heavy atom. The quantitative estimate of drug-likeness (QED) is 0.339. The van der Waals surface area contributed by atoms with Crippen LogP contribution in [-0.4, -0.2) is 30.1 Å². The maximum absolute atomic E-state index is 5.24. The van der Waals surface area contributed by atoms with Gasteiger partial charge in [0.1, 0.15) is 35.4 Å². The van der Waals surface area contributed by atoms with Crippen molar-refractivity contribution in [3.63, 3.8) is 0 Å². The van der Waals surface area contributed by atoms with Crippen LogP contribution in [0, 0.1) is 0 Å². The first-order chi connectivity index (χ1) is 7.26. The first kappa shape index (κ1) is 13.6. The molecule has 0 bridgehead atoms. The Kier molecular flexibility index (Phi) is 8.28. The minimum atomic E-state index is 0.272. The lowest BCUT2D eigenvalue weighted by Gasteiger charge is -2.12. The molecule has 0 aromatic heterocycles. The monoisotopic (exact) mass is 223 g/mol. The van der Waals surface area contributed by atoms with E-state index in [1.165, 1.54) is 0 Å². The highest BCUT2D eigenvalue weighted by atomic mass is 28.1. The molecule has 0 rings (SSSR count). The van der Waals surface area contributed by atoms with Gasteiger partial charge in [-0.3, -0.25) is 0 Å². The third-order valence-corrected chi connectivity index (χ3v) is 1.54. The van der Waals surface area contributed by atoms with Gasteiger partial charge in [-0.15, -0.1) is 0 Å². The molecule has 0 aliphatic rings. The maximum atomic E-state index is 5.24. The van der Waals surface area contributed by atoms with E-state index in [9.17, 15) is 0 Å². The fraction of sp³-hybridized carbons (Fsp3) is 0.273. The molecule has 0 aromatic rings. The van der Waals surface area contributed by atoms with Gasteiger partial charge >= 0.3 is 5.95 Å². The number of rotatable bonds is 9. The Morgan fingerprint density at radius 2 is 1.27 bits per heavy atom. The van der Waals surface area contributed by atoms with E-state index in [0.29, 0.717) is 25.2 Å². The summed E-state index contributed by atoms with van der Waals surface area (Å²) in [7, 11) is 3.25. The Balaban J connectivity index is 4.32. The second-order valence-corrected chi connectivity index (χ2v) is 2.87. The van der Waals surface area contributed by atoms with E-state index in [4.69, 9.17) is 14.2 Å². The van der Waals surface area contributed by atoms with Crippen molar-refractivity contribution in [2.45, 2.75) is 0 Å². The Hall–Kier alpha value is -1.42. The summed E-state index contributed by atoms with van der Waals surface area (Å²) in [5, 5.41) is 0.388. The molecule has 0 fully saturated rings. The summed E-state index contributed by atoms with van der Waals surface area (Å²) in [4.78, 5) is 0. The first-order valence-corrected chi connectivity index (χ1v) is 4.93. The van der Waals surface area contributed by atoms with E-state index in [2.05, 4.69) is 30.0 Å². The third-order valence-electron chi connectivity index (χ3n) is 1.20. The summed E-state index contributed by atoms with van der Waals surface area (Å²) in [6, 6.07) is 0. The zero-order chi connectivity index (χ0) is 11.5. The Labute approximate surface area is 94.1 Å². The average Bonchev–Trinajstić information content (AvgIpc) is 2.26. The number of hydrogen-bond donors (Lipinski definition) is 0.